The van der Waals surface area contributed by atoms with E-state index in [1.165, 1.54) is 0 Å². The van der Waals surface area contributed by atoms with Crippen molar-refractivity contribution in [3.8, 4) is 5.75 Å². The zero-order chi connectivity index (χ0) is 13.7. The summed E-state index contributed by atoms with van der Waals surface area (Å²) in [6, 6.07) is 3.96. The van der Waals surface area contributed by atoms with Crippen LogP contribution in [-0.2, 0) is 13.2 Å². The summed E-state index contributed by atoms with van der Waals surface area (Å²) in [6.45, 7) is 8.27. The Morgan fingerprint density at radius 3 is 2.84 bits per heavy atom. The number of nitrogens with one attached hydrogen (secondary N) is 1. The van der Waals surface area contributed by atoms with Gasteiger partial charge in [0.05, 0.1) is 15.6 Å². The second-order valence-corrected chi connectivity index (χ2v) is 5.63. The molecule has 0 aliphatic rings. The first-order valence-corrected chi connectivity index (χ1v) is 7.22. The first kappa shape index (κ1) is 14.0. The van der Waals surface area contributed by atoms with E-state index < -0.39 is 0 Å². The third-order valence-electron chi connectivity index (χ3n) is 2.65. The van der Waals surface area contributed by atoms with Gasteiger partial charge in [0.25, 0.3) is 0 Å². The van der Waals surface area contributed by atoms with Crippen LogP contribution in [-0.4, -0.2) is 16.5 Å². The van der Waals surface area contributed by atoms with Gasteiger partial charge in [-0.15, -0.1) is 11.3 Å². The number of aromatic nitrogens is 2. The van der Waals surface area contributed by atoms with E-state index in [1.54, 1.807) is 11.3 Å². The molecule has 0 radical (unpaired) electrons. The molecule has 1 N–H and O–H groups in total. The van der Waals surface area contributed by atoms with E-state index in [0.717, 1.165) is 40.1 Å². The predicted octanol–water partition coefficient (Wildman–Crippen LogP) is 2.84. The minimum Gasteiger partial charge on any atom is -0.486 e. The fourth-order valence-corrected chi connectivity index (χ4v) is 2.43. The highest BCUT2D eigenvalue weighted by molar-refractivity contribution is 7.11. The summed E-state index contributed by atoms with van der Waals surface area (Å²) < 4.78 is 5.86. The third kappa shape index (κ3) is 4.01. The van der Waals surface area contributed by atoms with Crippen molar-refractivity contribution >= 4 is 11.3 Å². The third-order valence-corrected chi connectivity index (χ3v) is 3.54. The molecule has 0 amide bonds. The smallest absolute Gasteiger partial charge is 0.142 e. The molecule has 102 valence electrons. The lowest BCUT2D eigenvalue weighted by Gasteiger charge is -2.11. The molecule has 0 atom stereocenters. The molecule has 2 aromatic rings. The van der Waals surface area contributed by atoms with Gasteiger partial charge in [0.15, 0.2) is 0 Å². The Labute approximate surface area is 117 Å². The van der Waals surface area contributed by atoms with E-state index >= 15 is 0 Å². The van der Waals surface area contributed by atoms with Crippen molar-refractivity contribution in [2.24, 2.45) is 0 Å². The van der Waals surface area contributed by atoms with Gasteiger partial charge in [-0.1, -0.05) is 6.92 Å². The lowest BCUT2D eigenvalue weighted by Crippen LogP contribution is -2.14. The van der Waals surface area contributed by atoms with Crippen LogP contribution in [0.4, 0.5) is 0 Å². The molecule has 0 saturated heterocycles. The molecular weight excluding hydrogens is 258 g/mol. The number of ether oxygens (including phenoxy) is 1. The maximum Gasteiger partial charge on any atom is 0.142 e. The molecule has 0 saturated carbocycles. The molecule has 19 heavy (non-hydrogen) atoms. The van der Waals surface area contributed by atoms with E-state index in [1.807, 2.05) is 32.2 Å². The Kier molecular flexibility index (Phi) is 4.87. The number of nitrogens with zero attached hydrogens (tertiary/aromatic N) is 2. The zero-order valence-corrected chi connectivity index (χ0v) is 12.4. The summed E-state index contributed by atoms with van der Waals surface area (Å²) >= 11 is 1.66. The van der Waals surface area contributed by atoms with Crippen molar-refractivity contribution in [3.05, 3.63) is 39.6 Å². The monoisotopic (exact) mass is 277 g/mol. The van der Waals surface area contributed by atoms with Gasteiger partial charge >= 0.3 is 0 Å². The van der Waals surface area contributed by atoms with Crippen molar-refractivity contribution < 1.29 is 4.74 Å². The predicted molar refractivity (Wildman–Crippen MR) is 77.5 cm³/mol. The summed E-state index contributed by atoms with van der Waals surface area (Å²) in [4.78, 5) is 9.89. The molecular formula is C14H19N3OS. The standard InChI is InChI=1S/C14H19N3OS/c1-4-15-8-13-14(6-5-10(2)17-13)18-9-12-7-16-11(3)19-12/h5-7,15H,4,8-9H2,1-3H3. The van der Waals surface area contributed by atoms with Crippen LogP contribution in [0, 0.1) is 13.8 Å². The van der Waals surface area contributed by atoms with E-state index in [0.29, 0.717) is 6.61 Å². The van der Waals surface area contributed by atoms with E-state index in [9.17, 15) is 0 Å². The fraction of sp³-hybridized carbons (Fsp3) is 0.429. The van der Waals surface area contributed by atoms with Gasteiger partial charge in [-0.3, -0.25) is 4.98 Å². The first-order valence-electron chi connectivity index (χ1n) is 6.40. The van der Waals surface area contributed by atoms with E-state index in [4.69, 9.17) is 4.74 Å². The van der Waals surface area contributed by atoms with Crippen LogP contribution >= 0.6 is 11.3 Å². The zero-order valence-electron chi connectivity index (χ0n) is 11.6. The molecule has 0 aliphatic heterocycles. The van der Waals surface area contributed by atoms with Crippen LogP contribution in [0.1, 0.15) is 28.2 Å². The number of aryl methyl sites for hydroxylation is 2. The van der Waals surface area contributed by atoms with Gasteiger partial charge in [-0.2, -0.15) is 0 Å². The second-order valence-electron chi connectivity index (χ2n) is 4.31. The van der Waals surface area contributed by atoms with E-state index in [-0.39, 0.29) is 0 Å². The second kappa shape index (κ2) is 6.63. The minimum atomic E-state index is 0.551. The Morgan fingerprint density at radius 2 is 2.16 bits per heavy atom. The Balaban J connectivity index is 2.05. The number of pyridine rings is 1. The van der Waals surface area contributed by atoms with Crippen LogP contribution in [0.3, 0.4) is 0 Å². The summed E-state index contributed by atoms with van der Waals surface area (Å²) in [6.07, 6.45) is 1.87. The molecule has 2 rings (SSSR count). The summed E-state index contributed by atoms with van der Waals surface area (Å²) in [5.41, 5.74) is 1.97. The number of thiazole rings is 1. The molecule has 0 fully saturated rings. The number of hydrogen-bond donors (Lipinski definition) is 1. The molecule has 4 nitrogen and oxygen atoms in total. The Morgan fingerprint density at radius 1 is 1.32 bits per heavy atom. The molecule has 2 heterocycles. The van der Waals surface area contributed by atoms with Gasteiger partial charge in [0, 0.05) is 18.4 Å². The van der Waals surface area contributed by atoms with Gasteiger partial charge in [0.2, 0.25) is 0 Å². The van der Waals surface area contributed by atoms with Crippen molar-refractivity contribution in [2.75, 3.05) is 6.54 Å². The van der Waals surface area contributed by atoms with Gasteiger partial charge < -0.3 is 10.1 Å². The average Bonchev–Trinajstić information content (AvgIpc) is 2.81. The molecule has 2 aromatic heterocycles. The fourth-order valence-electron chi connectivity index (χ4n) is 1.72. The SMILES string of the molecule is CCNCc1nc(C)ccc1OCc1cnc(C)s1. The molecule has 0 spiro atoms. The lowest BCUT2D eigenvalue weighted by atomic mass is 10.3. The van der Waals surface area contributed by atoms with Crippen molar-refractivity contribution in [1.82, 2.24) is 15.3 Å². The maximum atomic E-state index is 5.86. The minimum absolute atomic E-state index is 0.551. The maximum absolute atomic E-state index is 5.86. The van der Waals surface area contributed by atoms with Gasteiger partial charge in [-0.05, 0) is 32.5 Å². The highest BCUT2D eigenvalue weighted by Crippen LogP contribution is 2.20. The van der Waals surface area contributed by atoms with Gasteiger partial charge in [-0.25, -0.2) is 4.98 Å². The average molecular weight is 277 g/mol. The summed E-state index contributed by atoms with van der Waals surface area (Å²) in [5.74, 6) is 0.845. The largest absolute Gasteiger partial charge is 0.486 e. The molecule has 0 unspecified atom stereocenters. The van der Waals surface area contributed by atoms with Crippen LogP contribution in [0.25, 0.3) is 0 Å². The van der Waals surface area contributed by atoms with E-state index in [2.05, 4.69) is 22.2 Å². The van der Waals surface area contributed by atoms with Crippen LogP contribution in [0.2, 0.25) is 0 Å². The summed E-state index contributed by atoms with van der Waals surface area (Å²) in [7, 11) is 0. The quantitative estimate of drug-likeness (QED) is 0.882. The van der Waals surface area contributed by atoms with Crippen LogP contribution < -0.4 is 10.1 Å². The van der Waals surface area contributed by atoms with Crippen molar-refractivity contribution in [2.45, 2.75) is 33.9 Å². The lowest BCUT2D eigenvalue weighted by molar-refractivity contribution is 0.303. The first-order chi connectivity index (χ1) is 9.19. The molecule has 0 aromatic carbocycles. The topological polar surface area (TPSA) is 47.0 Å². The van der Waals surface area contributed by atoms with Crippen LogP contribution in [0.15, 0.2) is 18.3 Å². The molecule has 5 heteroatoms. The summed E-state index contributed by atoms with van der Waals surface area (Å²) in [5, 5.41) is 4.35. The van der Waals surface area contributed by atoms with Crippen LogP contribution in [0.5, 0.6) is 5.75 Å². The molecule has 0 aliphatic carbocycles. The Hall–Kier alpha value is -1.46. The molecule has 0 bridgehead atoms. The number of rotatable bonds is 6. The number of hydrogen-bond acceptors (Lipinski definition) is 5. The van der Waals surface area contributed by atoms with Crippen molar-refractivity contribution in [1.29, 1.82) is 0 Å². The van der Waals surface area contributed by atoms with Crippen molar-refractivity contribution in [3.63, 3.8) is 0 Å². The Bertz CT molecular complexity index is 539. The normalized spacial score (nSPS) is 10.7. The highest BCUT2D eigenvalue weighted by Gasteiger charge is 2.07. The van der Waals surface area contributed by atoms with Gasteiger partial charge in [0.1, 0.15) is 12.4 Å². The highest BCUT2D eigenvalue weighted by atomic mass is 32.1.